The van der Waals surface area contributed by atoms with Crippen molar-refractivity contribution in [2.75, 3.05) is 0 Å². The van der Waals surface area contributed by atoms with Gasteiger partial charge >= 0.3 is 0 Å². The highest BCUT2D eigenvalue weighted by Gasteiger charge is 2.36. The van der Waals surface area contributed by atoms with Gasteiger partial charge in [-0.3, -0.25) is 0 Å². The van der Waals surface area contributed by atoms with Crippen molar-refractivity contribution in [2.45, 2.75) is 26.2 Å². The minimum atomic E-state index is -0.0824. The van der Waals surface area contributed by atoms with Crippen LogP contribution in [0.25, 0.3) is 11.6 Å². The molecular weight excluding hydrogens is 251 g/mol. The lowest BCUT2D eigenvalue weighted by Crippen LogP contribution is -2.27. The van der Waals surface area contributed by atoms with E-state index in [9.17, 15) is 0 Å². The molecular formula is C20H19B. The van der Waals surface area contributed by atoms with Gasteiger partial charge in [-0.25, -0.2) is 0 Å². The van der Waals surface area contributed by atoms with E-state index in [-0.39, 0.29) is 5.41 Å². The zero-order chi connectivity index (χ0) is 15.2. The summed E-state index contributed by atoms with van der Waals surface area (Å²) in [5, 5.41) is 2.50. The second-order valence-corrected chi connectivity index (χ2v) is 6.16. The molecule has 0 N–H and O–H groups in total. The van der Waals surface area contributed by atoms with Crippen LogP contribution in [-0.2, 0) is 5.41 Å². The molecule has 2 aromatic rings. The second kappa shape index (κ2) is 4.77. The second-order valence-electron chi connectivity index (χ2n) is 6.16. The van der Waals surface area contributed by atoms with Crippen LogP contribution in [0.2, 0.25) is 0 Å². The van der Waals surface area contributed by atoms with Gasteiger partial charge in [0, 0.05) is 5.41 Å². The van der Waals surface area contributed by atoms with Crippen LogP contribution in [0.4, 0.5) is 0 Å². The van der Waals surface area contributed by atoms with Crippen molar-refractivity contribution >= 4 is 25.0 Å². The number of hydrogen-bond acceptors (Lipinski definition) is 0. The van der Waals surface area contributed by atoms with Crippen molar-refractivity contribution in [1.82, 2.24) is 0 Å². The third-order valence-corrected chi connectivity index (χ3v) is 4.58. The van der Waals surface area contributed by atoms with Crippen LogP contribution >= 0.6 is 0 Å². The molecule has 0 saturated carbocycles. The quantitative estimate of drug-likeness (QED) is 0.644. The normalized spacial score (nSPS) is 19.8. The Hall–Kier alpha value is -2.02. The average molecular weight is 270 g/mol. The highest BCUT2D eigenvalue weighted by molar-refractivity contribution is 6.32. The van der Waals surface area contributed by atoms with Crippen molar-refractivity contribution in [3.05, 3.63) is 76.2 Å². The molecule has 2 radical (unpaired) electrons. The Morgan fingerprint density at radius 2 is 1.81 bits per heavy atom. The predicted molar refractivity (Wildman–Crippen MR) is 92.3 cm³/mol. The van der Waals surface area contributed by atoms with Crippen LogP contribution in [-0.4, -0.2) is 7.85 Å². The lowest BCUT2D eigenvalue weighted by molar-refractivity contribution is 0.663. The first-order valence-corrected chi connectivity index (χ1v) is 7.32. The molecule has 0 saturated heterocycles. The molecule has 0 unspecified atom stereocenters. The Bertz CT molecular complexity index is 854. The van der Waals surface area contributed by atoms with E-state index in [2.05, 4.69) is 69.8 Å². The largest absolute Gasteiger partial charge is 0.113 e. The van der Waals surface area contributed by atoms with Crippen LogP contribution in [0.1, 0.15) is 31.9 Å². The van der Waals surface area contributed by atoms with Crippen molar-refractivity contribution in [3.63, 3.8) is 0 Å². The molecule has 1 heteroatoms. The molecule has 3 rings (SSSR count). The first-order valence-electron chi connectivity index (χ1n) is 7.32. The molecule has 102 valence electrons. The fraction of sp³-hybridized carbons (Fsp3) is 0.200. The lowest BCUT2D eigenvalue weighted by atomic mass is 9.81. The van der Waals surface area contributed by atoms with Gasteiger partial charge in [0.25, 0.3) is 0 Å². The zero-order valence-electron chi connectivity index (χ0n) is 12.9. The van der Waals surface area contributed by atoms with E-state index in [4.69, 9.17) is 7.85 Å². The fourth-order valence-electron chi connectivity index (χ4n) is 3.22. The van der Waals surface area contributed by atoms with E-state index >= 15 is 0 Å². The summed E-state index contributed by atoms with van der Waals surface area (Å²) >= 11 is 0. The van der Waals surface area contributed by atoms with Crippen LogP contribution in [0.3, 0.4) is 0 Å². The van der Waals surface area contributed by atoms with Gasteiger partial charge in [0.1, 0.15) is 7.85 Å². The van der Waals surface area contributed by atoms with E-state index in [1.165, 1.54) is 27.1 Å². The Labute approximate surface area is 127 Å². The van der Waals surface area contributed by atoms with Crippen molar-refractivity contribution in [2.24, 2.45) is 0 Å². The summed E-state index contributed by atoms with van der Waals surface area (Å²) in [6.07, 6.45) is 2.15. The molecule has 0 atom stereocenters. The third-order valence-electron chi connectivity index (χ3n) is 4.58. The molecule has 0 aliphatic heterocycles. The molecule has 21 heavy (non-hydrogen) atoms. The third kappa shape index (κ3) is 2.00. The number of fused-ring (bicyclic) bond motifs is 1. The fourth-order valence-corrected chi connectivity index (χ4v) is 3.22. The maximum absolute atomic E-state index is 5.99. The van der Waals surface area contributed by atoms with E-state index in [1.807, 2.05) is 6.07 Å². The molecule has 2 aromatic carbocycles. The van der Waals surface area contributed by atoms with Gasteiger partial charge in [-0.2, -0.15) is 0 Å². The monoisotopic (exact) mass is 270 g/mol. The molecule has 0 amide bonds. The molecule has 0 spiro atoms. The van der Waals surface area contributed by atoms with Crippen molar-refractivity contribution in [3.8, 4) is 0 Å². The predicted octanol–water partition coefficient (Wildman–Crippen LogP) is 2.33. The molecule has 0 nitrogen and oxygen atoms in total. The minimum Gasteiger partial charge on any atom is -0.0963 e. The van der Waals surface area contributed by atoms with E-state index in [1.54, 1.807) is 0 Å². The Morgan fingerprint density at radius 1 is 1.10 bits per heavy atom. The van der Waals surface area contributed by atoms with Crippen molar-refractivity contribution in [1.29, 1.82) is 0 Å². The highest BCUT2D eigenvalue weighted by Crippen LogP contribution is 2.46. The van der Waals surface area contributed by atoms with Gasteiger partial charge in [-0.15, -0.1) is 0 Å². The van der Waals surface area contributed by atoms with Crippen LogP contribution < -0.4 is 15.9 Å². The number of hydrogen-bond donors (Lipinski definition) is 0. The molecule has 1 aliphatic rings. The highest BCUT2D eigenvalue weighted by atomic mass is 14.4. The summed E-state index contributed by atoms with van der Waals surface area (Å²) in [5.74, 6) is 0. The number of benzene rings is 2. The van der Waals surface area contributed by atoms with Crippen LogP contribution in [0.5, 0.6) is 0 Å². The summed E-state index contributed by atoms with van der Waals surface area (Å²) in [4.78, 5) is 0. The summed E-state index contributed by atoms with van der Waals surface area (Å²) in [7, 11) is 5.99. The lowest BCUT2D eigenvalue weighted by Gasteiger charge is -2.21. The van der Waals surface area contributed by atoms with Crippen LogP contribution in [0, 0.1) is 0 Å². The molecule has 0 aromatic heterocycles. The van der Waals surface area contributed by atoms with Gasteiger partial charge in [0.2, 0.25) is 0 Å². The molecule has 0 heterocycles. The zero-order valence-corrected chi connectivity index (χ0v) is 12.9. The topological polar surface area (TPSA) is 0 Å². The molecule has 1 aliphatic carbocycles. The van der Waals surface area contributed by atoms with Crippen molar-refractivity contribution < 1.29 is 0 Å². The number of rotatable bonds is 0. The maximum atomic E-state index is 5.99. The smallest absolute Gasteiger partial charge is 0.0963 e. The number of allylic oxidation sites excluding steroid dienone is 1. The minimum absolute atomic E-state index is 0.0824. The first kappa shape index (κ1) is 13.9. The van der Waals surface area contributed by atoms with Gasteiger partial charge < -0.3 is 0 Å². The Balaban J connectivity index is 2.51. The average Bonchev–Trinajstić information content (AvgIpc) is 2.67. The van der Waals surface area contributed by atoms with Gasteiger partial charge in [0.15, 0.2) is 0 Å². The summed E-state index contributed by atoms with van der Waals surface area (Å²) in [6, 6.07) is 14.7. The van der Waals surface area contributed by atoms with E-state index < -0.39 is 0 Å². The molecule has 0 bridgehead atoms. The van der Waals surface area contributed by atoms with E-state index in [0.29, 0.717) is 0 Å². The van der Waals surface area contributed by atoms with E-state index in [0.717, 1.165) is 11.0 Å². The SMILES string of the molecule is [B]c1ccc2c(c1)C(C)(C)C(=C)/C2=c1/cccc/c1=C/C. The Morgan fingerprint density at radius 3 is 2.52 bits per heavy atom. The molecule has 0 fully saturated rings. The van der Waals surface area contributed by atoms with Gasteiger partial charge in [0.05, 0.1) is 0 Å². The summed E-state index contributed by atoms with van der Waals surface area (Å²) in [6.45, 7) is 10.9. The summed E-state index contributed by atoms with van der Waals surface area (Å²) in [5.41, 5.74) is 5.68. The van der Waals surface area contributed by atoms with Crippen LogP contribution in [0.15, 0.2) is 54.6 Å². The first-order chi connectivity index (χ1) is 9.96. The van der Waals surface area contributed by atoms with Gasteiger partial charge in [-0.1, -0.05) is 74.4 Å². The Kier molecular flexibility index (Phi) is 3.17. The standard InChI is InChI=1S/C20H19B/c1-5-14-8-6-7-9-16(14)19-13(2)20(3,4)18-12-15(21)10-11-17(18)19/h5-12H,2H2,1,3-4H3/b14-5-,19-16+. The van der Waals surface area contributed by atoms with Gasteiger partial charge in [-0.05, 0) is 39.6 Å². The summed E-state index contributed by atoms with van der Waals surface area (Å²) < 4.78 is 0. The maximum Gasteiger partial charge on any atom is 0.113 e.